The van der Waals surface area contributed by atoms with E-state index in [9.17, 15) is 14.7 Å². The second-order valence-electron chi connectivity index (χ2n) is 6.22. The maximum atomic E-state index is 12.7. The van der Waals surface area contributed by atoms with Crippen molar-refractivity contribution in [1.82, 2.24) is 9.80 Å². The van der Waals surface area contributed by atoms with Crippen LogP contribution in [0.2, 0.25) is 0 Å². The minimum atomic E-state index is -0.600. The number of urea groups is 1. The van der Waals surface area contributed by atoms with Gasteiger partial charge in [-0.05, 0) is 42.6 Å². The van der Waals surface area contributed by atoms with Gasteiger partial charge in [0.2, 0.25) is 0 Å². The maximum Gasteiger partial charge on any atom is 0.334 e. The van der Waals surface area contributed by atoms with Crippen molar-refractivity contribution in [1.29, 1.82) is 0 Å². The van der Waals surface area contributed by atoms with Crippen molar-refractivity contribution in [2.24, 2.45) is 4.99 Å². The fourth-order valence-electron chi connectivity index (χ4n) is 3.24. The second kappa shape index (κ2) is 7.22. The van der Waals surface area contributed by atoms with Crippen LogP contribution < -0.4 is 4.74 Å². The molecule has 3 rings (SSSR count). The van der Waals surface area contributed by atoms with Crippen LogP contribution in [0.4, 0.5) is 4.79 Å². The summed E-state index contributed by atoms with van der Waals surface area (Å²) in [7, 11) is 3.27. The first kappa shape index (κ1) is 18.6. The zero-order valence-electron chi connectivity index (χ0n) is 15.8. The number of phenolic OH excluding ortho intramolecular Hbond substituents is 1. The fourth-order valence-corrected chi connectivity index (χ4v) is 3.24. The number of nitrogens with zero attached hydrogens (tertiary/aromatic N) is 4. The van der Waals surface area contributed by atoms with E-state index >= 15 is 0 Å². The van der Waals surface area contributed by atoms with Crippen LogP contribution in [0.25, 0.3) is 6.08 Å². The van der Waals surface area contributed by atoms with E-state index in [0.29, 0.717) is 30.5 Å². The number of phenols is 1. The SMILES string of the molecule is CCN1C(=O)C2C(=NC(/C=C/c3ccc(O)c(OC)c3)=[N+]2C)N(CC)C1=O. The van der Waals surface area contributed by atoms with Gasteiger partial charge in [0.15, 0.2) is 11.5 Å². The number of likely N-dealkylation sites (N-methyl/N-ethyl adjacent to an activating group) is 3. The van der Waals surface area contributed by atoms with Gasteiger partial charge in [-0.15, -0.1) is 0 Å². The van der Waals surface area contributed by atoms with Crippen molar-refractivity contribution in [2.45, 2.75) is 19.9 Å². The quantitative estimate of drug-likeness (QED) is 0.796. The van der Waals surface area contributed by atoms with Crippen LogP contribution in [0.15, 0.2) is 29.3 Å². The van der Waals surface area contributed by atoms with Gasteiger partial charge in [-0.3, -0.25) is 14.6 Å². The van der Waals surface area contributed by atoms with Gasteiger partial charge in [-0.1, -0.05) is 6.07 Å². The summed E-state index contributed by atoms with van der Waals surface area (Å²) in [5.74, 6) is 1.22. The fraction of sp³-hybridized carbons (Fsp3) is 0.368. The molecule has 1 atom stereocenters. The molecule has 1 N–H and O–H groups in total. The number of amidine groups is 2. The minimum Gasteiger partial charge on any atom is -0.504 e. The van der Waals surface area contributed by atoms with Gasteiger partial charge in [-0.25, -0.2) is 9.37 Å². The van der Waals surface area contributed by atoms with E-state index in [4.69, 9.17) is 4.74 Å². The number of amides is 3. The van der Waals surface area contributed by atoms with Crippen LogP contribution in [0.1, 0.15) is 19.4 Å². The topological polar surface area (TPSA) is 85.5 Å². The highest BCUT2D eigenvalue weighted by molar-refractivity contribution is 6.24. The Morgan fingerprint density at radius 1 is 1.22 bits per heavy atom. The number of aromatic hydroxyl groups is 1. The average Bonchev–Trinajstić information content (AvgIpc) is 2.98. The molecule has 0 saturated carbocycles. The number of methoxy groups -OCH3 is 1. The van der Waals surface area contributed by atoms with Crippen molar-refractivity contribution in [3.05, 3.63) is 29.8 Å². The van der Waals surface area contributed by atoms with Crippen molar-refractivity contribution >= 4 is 29.7 Å². The molecule has 8 heteroatoms. The molecule has 3 amide bonds. The number of imide groups is 1. The van der Waals surface area contributed by atoms with Gasteiger partial charge in [0, 0.05) is 19.2 Å². The maximum absolute atomic E-state index is 12.7. The summed E-state index contributed by atoms with van der Waals surface area (Å²) in [4.78, 5) is 32.6. The number of carbonyl (C=O) groups excluding carboxylic acids is 2. The highest BCUT2D eigenvalue weighted by atomic mass is 16.5. The smallest absolute Gasteiger partial charge is 0.334 e. The molecule has 1 fully saturated rings. The highest BCUT2D eigenvalue weighted by Crippen LogP contribution is 2.27. The Morgan fingerprint density at radius 3 is 2.56 bits per heavy atom. The Kier molecular flexibility index (Phi) is 4.98. The summed E-state index contributed by atoms with van der Waals surface area (Å²) in [5.41, 5.74) is 0.811. The van der Waals surface area contributed by atoms with Crippen LogP contribution in [0, 0.1) is 0 Å². The molecule has 142 valence electrons. The third kappa shape index (κ3) is 3.07. The minimum absolute atomic E-state index is 0.0638. The van der Waals surface area contributed by atoms with E-state index in [1.54, 1.807) is 42.8 Å². The Morgan fingerprint density at radius 2 is 1.93 bits per heavy atom. The van der Waals surface area contributed by atoms with E-state index in [1.807, 2.05) is 13.0 Å². The first-order valence-electron chi connectivity index (χ1n) is 8.79. The first-order valence-corrected chi connectivity index (χ1v) is 8.79. The Hall–Kier alpha value is -3.16. The molecule has 0 aromatic heterocycles. The van der Waals surface area contributed by atoms with Crippen LogP contribution in [-0.4, -0.2) is 76.4 Å². The Labute approximate surface area is 157 Å². The van der Waals surface area contributed by atoms with Crippen molar-refractivity contribution in [3.63, 3.8) is 0 Å². The monoisotopic (exact) mass is 371 g/mol. The molecule has 0 spiro atoms. The molecule has 27 heavy (non-hydrogen) atoms. The molecule has 1 saturated heterocycles. The number of carbonyl (C=O) groups is 2. The molecule has 1 aromatic carbocycles. The summed E-state index contributed by atoms with van der Waals surface area (Å²) in [6.45, 7) is 4.41. The number of hydrogen-bond donors (Lipinski definition) is 1. The first-order chi connectivity index (χ1) is 12.9. The van der Waals surface area contributed by atoms with Gasteiger partial charge < -0.3 is 9.84 Å². The van der Waals surface area contributed by atoms with Crippen LogP contribution in [-0.2, 0) is 4.79 Å². The largest absolute Gasteiger partial charge is 0.504 e. The van der Waals surface area contributed by atoms with Crippen LogP contribution >= 0.6 is 0 Å². The summed E-state index contributed by atoms with van der Waals surface area (Å²) in [6, 6.07) is 4.06. The van der Waals surface area contributed by atoms with Gasteiger partial charge in [-0.2, -0.15) is 0 Å². The summed E-state index contributed by atoms with van der Waals surface area (Å²) in [5, 5.41) is 9.69. The van der Waals surface area contributed by atoms with Gasteiger partial charge >= 0.3 is 11.9 Å². The predicted molar refractivity (Wildman–Crippen MR) is 101 cm³/mol. The van der Waals surface area contributed by atoms with E-state index in [2.05, 4.69) is 4.99 Å². The molecule has 8 nitrogen and oxygen atoms in total. The molecular formula is C19H23N4O4+. The number of aliphatic imine (C=N–C) groups is 1. The lowest BCUT2D eigenvalue weighted by atomic mass is 10.1. The number of rotatable bonds is 5. The van der Waals surface area contributed by atoms with E-state index in [-0.39, 0.29) is 17.7 Å². The zero-order valence-corrected chi connectivity index (χ0v) is 15.8. The number of hydrogen-bond acceptors (Lipinski definition) is 5. The number of ether oxygens (including phenoxy) is 1. The molecular weight excluding hydrogens is 348 g/mol. The van der Waals surface area contributed by atoms with E-state index < -0.39 is 6.04 Å². The summed E-state index contributed by atoms with van der Waals surface area (Å²) in [6.07, 6.45) is 3.59. The molecule has 1 unspecified atom stereocenters. The zero-order chi connectivity index (χ0) is 19.7. The molecule has 2 aliphatic heterocycles. The Bertz CT molecular complexity index is 888. The molecule has 0 aliphatic carbocycles. The van der Waals surface area contributed by atoms with Gasteiger partial charge in [0.1, 0.15) is 0 Å². The highest BCUT2D eigenvalue weighted by Gasteiger charge is 2.52. The van der Waals surface area contributed by atoms with Crippen molar-refractivity contribution in [3.8, 4) is 11.5 Å². The second-order valence-corrected chi connectivity index (χ2v) is 6.22. The van der Waals surface area contributed by atoms with Gasteiger partial charge in [0.25, 0.3) is 17.8 Å². The number of fused-ring (bicyclic) bond motifs is 1. The lowest BCUT2D eigenvalue weighted by molar-refractivity contribution is -0.504. The normalized spacial score (nSPS) is 19.9. The standard InChI is InChI=1S/C19H22N4O4/c1-5-22-17-16(18(25)23(6-2)19(22)26)21(3)15(20-17)10-8-12-7-9-13(24)14(11-12)27-4/h7-11,16H,5-6H2,1-4H3/p+1. The van der Waals surface area contributed by atoms with Crippen molar-refractivity contribution in [2.75, 3.05) is 27.2 Å². The molecule has 0 radical (unpaired) electrons. The summed E-state index contributed by atoms with van der Waals surface area (Å²) >= 11 is 0. The molecule has 2 aliphatic rings. The predicted octanol–water partition coefficient (Wildman–Crippen LogP) is 1.54. The van der Waals surface area contributed by atoms with E-state index in [1.165, 1.54) is 16.9 Å². The molecule has 0 bridgehead atoms. The van der Waals surface area contributed by atoms with Crippen molar-refractivity contribution < 1.29 is 24.0 Å². The van der Waals surface area contributed by atoms with Crippen LogP contribution in [0.3, 0.4) is 0 Å². The Balaban J connectivity index is 1.95. The lowest BCUT2D eigenvalue weighted by Gasteiger charge is -2.33. The average molecular weight is 371 g/mol. The summed E-state index contributed by atoms with van der Waals surface area (Å²) < 4.78 is 6.88. The van der Waals surface area contributed by atoms with Gasteiger partial charge in [0.05, 0.1) is 14.2 Å². The number of benzene rings is 1. The molecule has 2 heterocycles. The third-order valence-electron chi connectivity index (χ3n) is 4.72. The van der Waals surface area contributed by atoms with E-state index in [0.717, 1.165) is 5.56 Å². The van der Waals surface area contributed by atoms with Crippen LogP contribution in [0.5, 0.6) is 11.5 Å². The molecule has 1 aromatic rings. The third-order valence-corrected chi connectivity index (χ3v) is 4.72. The lowest BCUT2D eigenvalue weighted by Crippen LogP contribution is -2.63.